The number of amides is 1. The minimum Gasteiger partial charge on any atom is -0.452 e. The minimum absolute atomic E-state index is 0.143. The fourth-order valence-electron chi connectivity index (χ4n) is 3.22. The zero-order valence-corrected chi connectivity index (χ0v) is 17.3. The molecule has 30 heavy (non-hydrogen) atoms. The van der Waals surface area contributed by atoms with Crippen molar-refractivity contribution in [1.82, 2.24) is 5.32 Å². The van der Waals surface area contributed by atoms with E-state index in [0.717, 1.165) is 12.0 Å². The van der Waals surface area contributed by atoms with Crippen molar-refractivity contribution < 1.29 is 18.7 Å². The van der Waals surface area contributed by atoms with Gasteiger partial charge in [0.25, 0.3) is 5.91 Å². The van der Waals surface area contributed by atoms with Crippen LogP contribution in [-0.4, -0.2) is 18.5 Å². The second-order valence-corrected chi connectivity index (χ2v) is 7.45. The molecule has 1 heterocycles. The zero-order valence-electron chi connectivity index (χ0n) is 17.3. The van der Waals surface area contributed by atoms with E-state index in [-0.39, 0.29) is 17.5 Å². The molecule has 0 bridgehead atoms. The van der Waals surface area contributed by atoms with Gasteiger partial charge in [-0.3, -0.25) is 4.79 Å². The molecule has 0 saturated carbocycles. The van der Waals surface area contributed by atoms with Crippen molar-refractivity contribution in [1.29, 1.82) is 0 Å². The molecule has 1 aromatic heterocycles. The first-order valence-corrected chi connectivity index (χ1v) is 9.97. The Morgan fingerprint density at radius 3 is 2.43 bits per heavy atom. The largest absolute Gasteiger partial charge is 0.452 e. The number of rotatable bonds is 7. The number of ether oxygens (including phenoxy) is 1. The highest BCUT2D eigenvalue weighted by atomic mass is 16.5. The SMILES string of the molecule is CCc1ccc([C@@H](NC(=O)COC(=O)c2cc3ccccc3oc2=O)C(C)C)cc1. The molecule has 0 unspecified atom stereocenters. The third kappa shape index (κ3) is 4.95. The maximum absolute atomic E-state index is 12.4. The number of benzene rings is 2. The lowest BCUT2D eigenvalue weighted by Crippen LogP contribution is -2.35. The van der Waals surface area contributed by atoms with Crippen LogP contribution in [0.5, 0.6) is 0 Å². The van der Waals surface area contributed by atoms with E-state index in [1.165, 1.54) is 11.6 Å². The van der Waals surface area contributed by atoms with E-state index in [4.69, 9.17) is 9.15 Å². The van der Waals surface area contributed by atoms with Crippen LogP contribution in [0.4, 0.5) is 0 Å². The molecule has 0 spiro atoms. The molecule has 6 nitrogen and oxygen atoms in total. The van der Waals surface area contributed by atoms with Gasteiger partial charge in [-0.05, 0) is 35.6 Å². The average Bonchev–Trinajstić information content (AvgIpc) is 2.75. The minimum atomic E-state index is -0.891. The topological polar surface area (TPSA) is 85.6 Å². The van der Waals surface area contributed by atoms with E-state index in [2.05, 4.69) is 12.2 Å². The first-order chi connectivity index (χ1) is 14.4. The van der Waals surface area contributed by atoms with E-state index in [1.807, 2.05) is 38.1 Å². The molecule has 156 valence electrons. The summed E-state index contributed by atoms with van der Waals surface area (Å²) < 4.78 is 10.2. The molecule has 0 fully saturated rings. The van der Waals surface area contributed by atoms with Crippen LogP contribution in [0.3, 0.4) is 0 Å². The van der Waals surface area contributed by atoms with Crippen molar-refractivity contribution >= 4 is 22.8 Å². The van der Waals surface area contributed by atoms with Gasteiger partial charge in [0.2, 0.25) is 0 Å². The number of hydrogen-bond donors (Lipinski definition) is 1. The first kappa shape index (κ1) is 21.3. The van der Waals surface area contributed by atoms with Crippen LogP contribution in [0.15, 0.2) is 63.8 Å². The average molecular weight is 407 g/mol. The van der Waals surface area contributed by atoms with Crippen molar-refractivity contribution in [2.75, 3.05) is 6.61 Å². The Labute approximate surface area is 174 Å². The van der Waals surface area contributed by atoms with Crippen LogP contribution in [0.25, 0.3) is 11.0 Å². The number of fused-ring (bicyclic) bond motifs is 1. The summed E-state index contributed by atoms with van der Waals surface area (Å²) in [4.78, 5) is 36.8. The summed E-state index contributed by atoms with van der Waals surface area (Å²) in [6.45, 7) is 5.61. The summed E-state index contributed by atoms with van der Waals surface area (Å²) in [6.07, 6.45) is 0.942. The highest BCUT2D eigenvalue weighted by Gasteiger charge is 2.21. The quantitative estimate of drug-likeness (QED) is 0.472. The molecule has 1 amide bonds. The van der Waals surface area contributed by atoms with Crippen LogP contribution < -0.4 is 10.9 Å². The van der Waals surface area contributed by atoms with Crippen LogP contribution in [0.2, 0.25) is 0 Å². The van der Waals surface area contributed by atoms with Gasteiger partial charge < -0.3 is 14.5 Å². The molecular formula is C24H25NO5. The molecule has 3 rings (SSSR count). The Balaban J connectivity index is 1.66. The van der Waals surface area contributed by atoms with Crippen molar-refractivity contribution in [3.05, 3.63) is 81.7 Å². The Kier molecular flexibility index (Phi) is 6.67. The number of esters is 1. The molecular weight excluding hydrogens is 382 g/mol. The van der Waals surface area contributed by atoms with Gasteiger partial charge in [0.1, 0.15) is 11.1 Å². The summed E-state index contributed by atoms with van der Waals surface area (Å²) in [5, 5.41) is 3.50. The smallest absolute Gasteiger partial charge is 0.351 e. The van der Waals surface area contributed by atoms with Crippen LogP contribution in [0, 0.1) is 5.92 Å². The van der Waals surface area contributed by atoms with Gasteiger partial charge in [0, 0.05) is 5.39 Å². The monoisotopic (exact) mass is 407 g/mol. The lowest BCUT2D eigenvalue weighted by Gasteiger charge is -2.23. The van der Waals surface area contributed by atoms with Crippen molar-refractivity contribution in [3.8, 4) is 0 Å². The standard InChI is InChI=1S/C24H25NO5/c1-4-16-9-11-17(12-10-16)22(15(2)3)25-21(26)14-29-23(27)19-13-18-7-5-6-8-20(18)30-24(19)28/h5-13,15,22H,4,14H2,1-3H3,(H,25,26)/t22-/m0/s1. The number of carbonyl (C=O) groups excluding carboxylic acids is 2. The first-order valence-electron chi connectivity index (χ1n) is 9.97. The number of carbonyl (C=O) groups is 2. The molecule has 0 aliphatic rings. The third-order valence-electron chi connectivity index (χ3n) is 4.93. The van der Waals surface area contributed by atoms with Gasteiger partial charge in [-0.25, -0.2) is 9.59 Å². The molecule has 0 radical (unpaired) electrons. The summed E-state index contributed by atoms with van der Waals surface area (Å²) in [5.74, 6) is -1.19. The number of nitrogens with one attached hydrogen (secondary N) is 1. The van der Waals surface area contributed by atoms with Crippen LogP contribution in [-0.2, 0) is 16.0 Å². The maximum atomic E-state index is 12.4. The zero-order chi connectivity index (χ0) is 21.7. The Morgan fingerprint density at radius 1 is 1.07 bits per heavy atom. The van der Waals surface area contributed by atoms with Crippen LogP contribution >= 0.6 is 0 Å². The molecule has 0 aliphatic carbocycles. The van der Waals surface area contributed by atoms with Gasteiger partial charge in [-0.15, -0.1) is 0 Å². The summed E-state index contributed by atoms with van der Waals surface area (Å²) in [7, 11) is 0. The lowest BCUT2D eigenvalue weighted by atomic mass is 9.95. The highest BCUT2D eigenvalue weighted by Crippen LogP contribution is 2.22. The molecule has 2 aromatic carbocycles. The number of para-hydroxylation sites is 1. The van der Waals surface area contributed by atoms with E-state index in [0.29, 0.717) is 11.0 Å². The molecule has 0 saturated heterocycles. The summed E-state index contributed by atoms with van der Waals surface area (Å²) >= 11 is 0. The summed E-state index contributed by atoms with van der Waals surface area (Å²) in [6, 6.07) is 16.1. The molecule has 1 atom stereocenters. The highest BCUT2D eigenvalue weighted by molar-refractivity contribution is 5.94. The molecule has 6 heteroatoms. The second kappa shape index (κ2) is 9.39. The second-order valence-electron chi connectivity index (χ2n) is 7.45. The van der Waals surface area contributed by atoms with Gasteiger partial charge in [-0.2, -0.15) is 0 Å². The van der Waals surface area contributed by atoms with Gasteiger partial charge in [-0.1, -0.05) is 63.2 Å². The maximum Gasteiger partial charge on any atom is 0.351 e. The van der Waals surface area contributed by atoms with E-state index >= 15 is 0 Å². The van der Waals surface area contributed by atoms with Gasteiger partial charge in [0.05, 0.1) is 6.04 Å². The summed E-state index contributed by atoms with van der Waals surface area (Å²) in [5.41, 5.74) is 1.55. The molecule has 3 aromatic rings. The predicted molar refractivity (Wildman–Crippen MR) is 114 cm³/mol. The Bertz CT molecular complexity index is 1100. The van der Waals surface area contributed by atoms with E-state index in [1.54, 1.807) is 24.3 Å². The fraction of sp³-hybridized carbons (Fsp3) is 0.292. The Hall–Kier alpha value is -3.41. The van der Waals surface area contributed by atoms with Gasteiger partial charge in [0.15, 0.2) is 6.61 Å². The normalized spacial score (nSPS) is 12.0. The van der Waals surface area contributed by atoms with E-state index < -0.39 is 24.1 Å². The lowest BCUT2D eigenvalue weighted by molar-refractivity contribution is -0.125. The predicted octanol–water partition coefficient (Wildman–Crippen LogP) is 4.03. The van der Waals surface area contributed by atoms with E-state index in [9.17, 15) is 14.4 Å². The van der Waals surface area contributed by atoms with Crippen molar-refractivity contribution in [2.24, 2.45) is 5.92 Å². The van der Waals surface area contributed by atoms with Crippen LogP contribution in [0.1, 0.15) is 48.3 Å². The van der Waals surface area contributed by atoms with Crippen molar-refractivity contribution in [3.63, 3.8) is 0 Å². The van der Waals surface area contributed by atoms with Gasteiger partial charge >= 0.3 is 11.6 Å². The van der Waals surface area contributed by atoms with Crippen molar-refractivity contribution in [2.45, 2.75) is 33.2 Å². The fourth-order valence-corrected chi connectivity index (χ4v) is 3.22. The molecule has 1 N–H and O–H groups in total. The third-order valence-corrected chi connectivity index (χ3v) is 4.93. The number of aryl methyl sites for hydroxylation is 1. The number of hydrogen-bond acceptors (Lipinski definition) is 5. The Morgan fingerprint density at radius 2 is 1.77 bits per heavy atom. The molecule has 0 aliphatic heterocycles.